The number of fused-ring (bicyclic) bond motifs is 6. The molecule has 2 aromatic heterocycles. The zero-order valence-electron chi connectivity index (χ0n) is 31.1. The fourth-order valence-electron chi connectivity index (χ4n) is 8.56. The molecular formula is C54H36N2O. The van der Waals surface area contributed by atoms with Crippen LogP contribution in [0.5, 0.6) is 0 Å². The van der Waals surface area contributed by atoms with Crippen LogP contribution in [0.25, 0.3) is 82.8 Å². The van der Waals surface area contributed by atoms with E-state index in [1.165, 1.54) is 38.5 Å². The Bertz CT molecular complexity index is 3230. The van der Waals surface area contributed by atoms with Crippen molar-refractivity contribution in [1.29, 1.82) is 0 Å². The SMILES string of the molecule is c1ccc(-c2ccc(N(c3ccc4c5ccccc5n(-c5ccccc5-c5ccccc5)c4c3)c3ccccc3-c3ccc4oc5ccccc5c4c3)cc2)cc1. The summed E-state index contributed by atoms with van der Waals surface area (Å²) in [7, 11) is 0. The van der Waals surface area contributed by atoms with Gasteiger partial charge in [-0.3, -0.25) is 0 Å². The standard InChI is InChI=1S/C54H36N2O/c1-3-15-37(16-4-1)38-27-30-41(31-28-38)55(49-23-11-8-20-44(49)40-29-34-54-48(35-40)47-22-10-14-26-53(47)57-54)42-32-33-46-45-21-9-13-25-51(45)56(52(46)36-42)50-24-12-7-19-43(50)39-17-5-2-6-18-39/h1-36H. The van der Waals surface area contributed by atoms with Gasteiger partial charge in [-0.25, -0.2) is 0 Å². The minimum atomic E-state index is 0.889. The monoisotopic (exact) mass is 728 g/mol. The predicted molar refractivity (Wildman–Crippen MR) is 239 cm³/mol. The largest absolute Gasteiger partial charge is 0.456 e. The van der Waals surface area contributed by atoms with Crippen LogP contribution in [0.15, 0.2) is 223 Å². The topological polar surface area (TPSA) is 21.3 Å². The molecule has 9 aromatic carbocycles. The van der Waals surface area contributed by atoms with Crippen molar-refractivity contribution in [3.63, 3.8) is 0 Å². The number of para-hydroxylation sites is 4. The molecule has 0 spiro atoms. The summed E-state index contributed by atoms with van der Waals surface area (Å²) in [6, 6.07) is 78.3. The lowest BCUT2D eigenvalue weighted by Crippen LogP contribution is -2.11. The van der Waals surface area contributed by atoms with Gasteiger partial charge in [0.25, 0.3) is 0 Å². The van der Waals surface area contributed by atoms with Crippen LogP contribution in [0.4, 0.5) is 17.1 Å². The quantitative estimate of drug-likeness (QED) is 0.163. The predicted octanol–water partition coefficient (Wildman–Crippen LogP) is 15.2. The normalized spacial score (nSPS) is 11.5. The van der Waals surface area contributed by atoms with E-state index in [9.17, 15) is 0 Å². The first-order chi connectivity index (χ1) is 28.3. The highest BCUT2D eigenvalue weighted by molar-refractivity contribution is 6.11. The zero-order valence-corrected chi connectivity index (χ0v) is 31.1. The van der Waals surface area contributed by atoms with Gasteiger partial charge in [0, 0.05) is 44.0 Å². The van der Waals surface area contributed by atoms with Crippen LogP contribution in [0.2, 0.25) is 0 Å². The van der Waals surface area contributed by atoms with Crippen molar-refractivity contribution in [3.05, 3.63) is 218 Å². The van der Waals surface area contributed by atoms with E-state index in [-0.39, 0.29) is 0 Å². The van der Waals surface area contributed by atoms with Crippen molar-refractivity contribution in [3.8, 4) is 39.1 Å². The van der Waals surface area contributed by atoms with Crippen molar-refractivity contribution in [2.75, 3.05) is 4.90 Å². The third kappa shape index (κ3) is 5.60. The minimum absolute atomic E-state index is 0.889. The number of nitrogens with zero attached hydrogens (tertiary/aromatic N) is 2. The Balaban J connectivity index is 1.15. The van der Waals surface area contributed by atoms with E-state index in [1.807, 2.05) is 12.1 Å². The zero-order chi connectivity index (χ0) is 37.7. The molecule has 0 radical (unpaired) electrons. The first-order valence-electron chi connectivity index (χ1n) is 19.4. The van der Waals surface area contributed by atoms with Gasteiger partial charge in [-0.2, -0.15) is 0 Å². The minimum Gasteiger partial charge on any atom is -0.456 e. The van der Waals surface area contributed by atoms with Gasteiger partial charge in [-0.1, -0.05) is 158 Å². The highest BCUT2D eigenvalue weighted by Gasteiger charge is 2.21. The molecule has 0 fully saturated rings. The smallest absolute Gasteiger partial charge is 0.135 e. The molecule has 0 aliphatic heterocycles. The number of furan rings is 1. The average molecular weight is 729 g/mol. The van der Waals surface area contributed by atoms with Crippen LogP contribution in [0, 0.1) is 0 Å². The fraction of sp³-hybridized carbons (Fsp3) is 0. The molecule has 0 saturated carbocycles. The molecule has 0 unspecified atom stereocenters. The maximum Gasteiger partial charge on any atom is 0.135 e. The summed E-state index contributed by atoms with van der Waals surface area (Å²) in [5.41, 5.74) is 15.5. The Labute approximate surface area is 330 Å². The van der Waals surface area contributed by atoms with Crippen molar-refractivity contribution in [2.24, 2.45) is 0 Å². The van der Waals surface area contributed by atoms with Crippen LogP contribution in [-0.4, -0.2) is 4.57 Å². The number of hydrogen-bond acceptors (Lipinski definition) is 2. The second-order valence-electron chi connectivity index (χ2n) is 14.5. The van der Waals surface area contributed by atoms with Crippen molar-refractivity contribution >= 4 is 60.8 Å². The number of hydrogen-bond donors (Lipinski definition) is 0. The van der Waals surface area contributed by atoms with E-state index in [0.29, 0.717) is 0 Å². The van der Waals surface area contributed by atoms with E-state index < -0.39 is 0 Å². The molecule has 0 bridgehead atoms. The second kappa shape index (κ2) is 13.6. The molecule has 2 heterocycles. The van der Waals surface area contributed by atoms with Crippen LogP contribution < -0.4 is 4.90 Å². The van der Waals surface area contributed by atoms with Gasteiger partial charge in [-0.05, 0) is 82.9 Å². The van der Waals surface area contributed by atoms with E-state index in [2.05, 4.69) is 216 Å². The number of rotatable bonds is 7. The third-order valence-electron chi connectivity index (χ3n) is 11.2. The molecule has 11 rings (SSSR count). The molecule has 3 nitrogen and oxygen atoms in total. The molecular weight excluding hydrogens is 693 g/mol. The Morgan fingerprint density at radius 3 is 1.74 bits per heavy atom. The summed E-state index contributed by atoms with van der Waals surface area (Å²) in [5.74, 6) is 0. The van der Waals surface area contributed by atoms with Crippen molar-refractivity contribution in [1.82, 2.24) is 4.57 Å². The Kier molecular flexibility index (Phi) is 7.82. The lowest BCUT2D eigenvalue weighted by molar-refractivity contribution is 0.669. The highest BCUT2D eigenvalue weighted by Crippen LogP contribution is 2.45. The van der Waals surface area contributed by atoms with E-state index in [0.717, 1.165) is 61.3 Å². The summed E-state index contributed by atoms with van der Waals surface area (Å²) in [6.45, 7) is 0. The first kappa shape index (κ1) is 32.8. The molecule has 57 heavy (non-hydrogen) atoms. The summed E-state index contributed by atoms with van der Waals surface area (Å²) >= 11 is 0. The van der Waals surface area contributed by atoms with Crippen molar-refractivity contribution in [2.45, 2.75) is 0 Å². The highest BCUT2D eigenvalue weighted by atomic mass is 16.3. The van der Waals surface area contributed by atoms with Crippen molar-refractivity contribution < 1.29 is 4.42 Å². The Morgan fingerprint density at radius 2 is 0.912 bits per heavy atom. The molecule has 268 valence electrons. The van der Waals surface area contributed by atoms with Crippen LogP contribution in [0.1, 0.15) is 0 Å². The van der Waals surface area contributed by atoms with Gasteiger partial charge in [0.05, 0.1) is 22.4 Å². The molecule has 0 N–H and O–H groups in total. The third-order valence-corrected chi connectivity index (χ3v) is 11.2. The maximum atomic E-state index is 6.24. The maximum absolute atomic E-state index is 6.24. The molecule has 0 amide bonds. The van der Waals surface area contributed by atoms with Gasteiger partial charge in [0.1, 0.15) is 11.2 Å². The average Bonchev–Trinajstić information content (AvgIpc) is 3.82. The van der Waals surface area contributed by atoms with Crippen LogP contribution in [-0.2, 0) is 0 Å². The van der Waals surface area contributed by atoms with Crippen LogP contribution in [0.3, 0.4) is 0 Å². The number of benzene rings is 9. The summed E-state index contributed by atoms with van der Waals surface area (Å²) in [4.78, 5) is 2.41. The van der Waals surface area contributed by atoms with Crippen LogP contribution >= 0.6 is 0 Å². The first-order valence-corrected chi connectivity index (χ1v) is 19.4. The Hall–Kier alpha value is -7.62. The number of anilines is 3. The van der Waals surface area contributed by atoms with Gasteiger partial charge in [-0.15, -0.1) is 0 Å². The molecule has 0 saturated heterocycles. The van der Waals surface area contributed by atoms with Gasteiger partial charge >= 0.3 is 0 Å². The lowest BCUT2D eigenvalue weighted by atomic mass is 9.99. The molecule has 0 aliphatic carbocycles. The number of aromatic nitrogens is 1. The van der Waals surface area contributed by atoms with E-state index in [4.69, 9.17) is 4.42 Å². The molecule has 11 aromatic rings. The second-order valence-corrected chi connectivity index (χ2v) is 14.5. The summed E-state index contributed by atoms with van der Waals surface area (Å²) in [6.07, 6.45) is 0. The fourth-order valence-corrected chi connectivity index (χ4v) is 8.56. The summed E-state index contributed by atoms with van der Waals surface area (Å²) < 4.78 is 8.69. The van der Waals surface area contributed by atoms with E-state index >= 15 is 0 Å². The molecule has 3 heteroatoms. The van der Waals surface area contributed by atoms with Gasteiger partial charge in [0.15, 0.2) is 0 Å². The van der Waals surface area contributed by atoms with Gasteiger partial charge < -0.3 is 13.9 Å². The Morgan fingerprint density at radius 1 is 0.333 bits per heavy atom. The molecule has 0 atom stereocenters. The van der Waals surface area contributed by atoms with E-state index in [1.54, 1.807) is 0 Å². The lowest BCUT2D eigenvalue weighted by Gasteiger charge is -2.28. The van der Waals surface area contributed by atoms with Gasteiger partial charge in [0.2, 0.25) is 0 Å². The summed E-state index contributed by atoms with van der Waals surface area (Å²) in [5, 5.41) is 4.66. The molecule has 0 aliphatic rings.